The van der Waals surface area contributed by atoms with Gasteiger partial charge in [-0.1, -0.05) is 61.5 Å². The molecule has 5 rings (SSSR count). The van der Waals surface area contributed by atoms with Crippen molar-refractivity contribution < 1.29 is 59.7 Å². The van der Waals surface area contributed by atoms with Crippen LogP contribution in [0.2, 0.25) is 0 Å². The highest BCUT2D eigenvalue weighted by Gasteiger charge is 2.44. The number of sulfonamides is 1. The van der Waals surface area contributed by atoms with Crippen LogP contribution in [0.3, 0.4) is 0 Å². The summed E-state index contributed by atoms with van der Waals surface area (Å²) >= 11 is 0. The predicted octanol–water partition coefficient (Wildman–Crippen LogP) is 4.90. The van der Waals surface area contributed by atoms with Crippen LogP contribution in [-0.4, -0.2) is 119 Å². The number of carbonyl (C=O) groups excluding carboxylic acids is 2. The van der Waals surface area contributed by atoms with Crippen molar-refractivity contribution in [1.82, 2.24) is 10.6 Å². The Kier molecular flexibility index (Phi) is 18.4. The maximum atomic E-state index is 13.2. The van der Waals surface area contributed by atoms with Crippen molar-refractivity contribution in [2.75, 3.05) is 63.3 Å². The van der Waals surface area contributed by atoms with Gasteiger partial charge in [0.15, 0.2) is 11.9 Å². The molecule has 2 aliphatic heterocycles. The van der Waals surface area contributed by atoms with E-state index in [0.29, 0.717) is 24.3 Å². The monoisotopic (exact) mass is 990 g/mol. The Bertz CT molecular complexity index is 2780. The fourth-order valence-electron chi connectivity index (χ4n) is 8.11. The third kappa shape index (κ3) is 14.8. The zero-order chi connectivity index (χ0) is 50.4. The summed E-state index contributed by atoms with van der Waals surface area (Å²) in [7, 11) is -8.32. The minimum Gasteiger partial charge on any atom is -0.748 e. The maximum Gasteiger partial charge on any atom is 0.329 e. The first-order valence-corrected chi connectivity index (χ1v) is 25.2. The van der Waals surface area contributed by atoms with E-state index in [4.69, 9.17) is 30.0 Å². The van der Waals surface area contributed by atoms with Gasteiger partial charge in [0, 0.05) is 83.2 Å². The number of carbonyl (C=O) groups is 3. The van der Waals surface area contributed by atoms with E-state index in [1.165, 1.54) is 12.1 Å². The van der Waals surface area contributed by atoms with Gasteiger partial charge >= 0.3 is 5.97 Å². The number of hydrogen-bond donors (Lipinski definition) is 4. The average molecular weight is 991 g/mol. The van der Waals surface area contributed by atoms with E-state index in [1.54, 1.807) is 30.3 Å². The van der Waals surface area contributed by atoms with Crippen molar-refractivity contribution in [3.8, 4) is 5.75 Å². The number of hydrogen-bond acceptors (Lipinski definition) is 13. The number of unbranched alkanes of at least 4 members (excludes halogenated alkanes) is 1. The first-order chi connectivity index (χ1) is 32.6. The summed E-state index contributed by atoms with van der Waals surface area (Å²) in [6, 6.07) is 19.0. The standard InChI is InChI=1S/C47H58N8O12S2/c1-46(2)36-15-8-9-16-38(36)54(24-10-11-28-68(60,61)62)40(46)17-6-5-7-18-41-47(3,4)37-30-35(69(49,63)64)19-20-39(37)55(41)25-21-42(56)50-22-23-51-45(59)33-13-12-14-34(29-33)67-31-43(52-53-48)66-27-26-65-32-44(57)58/h5-9,12-20,29-30,43H,10-11,21-28,31-32H2,1-4H3,(H5-,49,50,51,56,57,58,59,60,61,62,63,64). The molecule has 0 bridgehead atoms. The van der Waals surface area contributed by atoms with Crippen LogP contribution in [-0.2, 0) is 50.0 Å². The van der Waals surface area contributed by atoms with Crippen molar-refractivity contribution in [1.29, 1.82) is 0 Å². The van der Waals surface area contributed by atoms with E-state index in [1.807, 2.05) is 67.3 Å². The summed E-state index contributed by atoms with van der Waals surface area (Å²) in [6.45, 7) is 8.38. The molecular weight excluding hydrogens is 933 g/mol. The number of azide groups is 1. The Hall–Kier alpha value is -6.39. The van der Waals surface area contributed by atoms with E-state index in [-0.39, 0.29) is 74.1 Å². The third-order valence-corrected chi connectivity index (χ3v) is 13.2. The fourth-order valence-corrected chi connectivity index (χ4v) is 9.21. The van der Waals surface area contributed by atoms with Gasteiger partial charge in [-0.15, -0.1) is 0 Å². The molecule has 0 aliphatic carbocycles. The molecule has 0 aromatic heterocycles. The number of amides is 2. The number of carboxylic acid groups (broad SMARTS) is 1. The van der Waals surface area contributed by atoms with Crippen LogP contribution >= 0.6 is 0 Å². The molecule has 2 aliphatic rings. The number of ether oxygens (including phenoxy) is 3. The first-order valence-electron chi connectivity index (χ1n) is 22.0. The number of nitrogens with zero attached hydrogens (tertiary/aromatic N) is 5. The Morgan fingerprint density at radius 2 is 1.70 bits per heavy atom. The maximum absolute atomic E-state index is 13.2. The van der Waals surface area contributed by atoms with E-state index < -0.39 is 56.0 Å². The van der Waals surface area contributed by atoms with Gasteiger partial charge in [0.1, 0.15) is 25.5 Å². The second kappa shape index (κ2) is 23.8. The zero-order valence-electron chi connectivity index (χ0n) is 38.9. The number of carboxylic acids is 1. The minimum atomic E-state index is -4.31. The van der Waals surface area contributed by atoms with Crippen LogP contribution in [0.15, 0.2) is 113 Å². The van der Waals surface area contributed by atoms with Gasteiger partial charge < -0.3 is 39.4 Å². The predicted molar refractivity (Wildman–Crippen MR) is 257 cm³/mol. The van der Waals surface area contributed by atoms with Gasteiger partial charge in [0.25, 0.3) is 5.91 Å². The summed E-state index contributed by atoms with van der Waals surface area (Å²) < 4.78 is 76.6. The van der Waals surface area contributed by atoms with Gasteiger partial charge in [-0.3, -0.25) is 9.59 Å². The number of nitrogens with two attached hydrogens (primary N) is 1. The van der Waals surface area contributed by atoms with Gasteiger partial charge in [0.05, 0.1) is 33.6 Å². The number of primary sulfonamides is 1. The average Bonchev–Trinajstić information content (AvgIpc) is 3.64. The van der Waals surface area contributed by atoms with Crippen LogP contribution in [0, 0.1) is 0 Å². The Morgan fingerprint density at radius 1 is 0.942 bits per heavy atom. The molecule has 20 nitrogen and oxygen atoms in total. The number of allylic oxidation sites excluding steroid dienone is 6. The van der Waals surface area contributed by atoms with Crippen molar-refractivity contribution in [3.05, 3.63) is 130 Å². The topological polar surface area (TPSA) is 296 Å². The Morgan fingerprint density at radius 3 is 2.42 bits per heavy atom. The van der Waals surface area contributed by atoms with Gasteiger partial charge in [-0.2, -0.15) is 4.58 Å². The van der Waals surface area contributed by atoms with Crippen LogP contribution in [0.25, 0.3) is 10.4 Å². The lowest BCUT2D eigenvalue weighted by Crippen LogP contribution is -2.36. The molecule has 2 heterocycles. The molecule has 0 radical (unpaired) electrons. The van der Waals surface area contributed by atoms with Crippen LogP contribution < -0.4 is 25.4 Å². The molecule has 0 saturated heterocycles. The lowest BCUT2D eigenvalue weighted by Gasteiger charge is -2.27. The second-order valence-corrected chi connectivity index (χ2v) is 20.2. The fraction of sp³-hybridized carbons (Fsp3) is 0.404. The minimum absolute atomic E-state index is 0.0350. The lowest BCUT2D eigenvalue weighted by molar-refractivity contribution is -0.438. The van der Waals surface area contributed by atoms with Crippen molar-refractivity contribution in [2.24, 2.45) is 10.3 Å². The molecule has 0 spiro atoms. The molecule has 370 valence electrons. The molecule has 69 heavy (non-hydrogen) atoms. The number of para-hydroxylation sites is 1. The lowest BCUT2D eigenvalue weighted by atomic mass is 9.81. The van der Waals surface area contributed by atoms with Gasteiger partial charge in [-0.05, 0) is 73.8 Å². The van der Waals surface area contributed by atoms with E-state index in [0.717, 1.165) is 28.3 Å². The van der Waals surface area contributed by atoms with Crippen molar-refractivity contribution in [3.63, 3.8) is 0 Å². The summed E-state index contributed by atoms with van der Waals surface area (Å²) in [4.78, 5) is 41.4. The molecule has 3 aromatic carbocycles. The van der Waals surface area contributed by atoms with Gasteiger partial charge in [-0.25, -0.2) is 26.8 Å². The third-order valence-electron chi connectivity index (χ3n) is 11.5. The molecule has 0 fully saturated rings. The van der Waals surface area contributed by atoms with Crippen LogP contribution in [0.5, 0.6) is 5.75 Å². The molecule has 5 N–H and O–H groups in total. The Balaban J connectivity index is 1.21. The van der Waals surface area contributed by atoms with E-state index in [2.05, 4.69) is 45.1 Å². The number of fused-ring (bicyclic) bond motifs is 2. The molecule has 22 heteroatoms. The molecule has 2 amide bonds. The van der Waals surface area contributed by atoms with Crippen molar-refractivity contribution in [2.45, 2.75) is 68.9 Å². The number of rotatable bonds is 26. The second-order valence-electron chi connectivity index (χ2n) is 17.1. The molecule has 0 saturated carbocycles. The zero-order valence-corrected chi connectivity index (χ0v) is 40.5. The first kappa shape index (κ1) is 53.6. The van der Waals surface area contributed by atoms with Crippen LogP contribution in [0.1, 0.15) is 68.4 Å². The highest BCUT2D eigenvalue weighted by Crippen LogP contribution is 2.48. The number of aliphatic carboxylic acids is 1. The summed E-state index contributed by atoms with van der Waals surface area (Å²) in [5.74, 6) is -1.97. The smallest absolute Gasteiger partial charge is 0.329 e. The number of benzene rings is 3. The molecule has 1 unspecified atom stereocenters. The number of nitrogens with one attached hydrogen (secondary N) is 2. The van der Waals surface area contributed by atoms with Gasteiger partial charge in [0.2, 0.25) is 21.6 Å². The summed E-state index contributed by atoms with van der Waals surface area (Å²) in [5, 5.41) is 23.3. The summed E-state index contributed by atoms with van der Waals surface area (Å²) in [6.07, 6.45) is 9.37. The normalized spacial score (nSPS) is 16.1. The van der Waals surface area contributed by atoms with E-state index in [9.17, 15) is 35.8 Å². The summed E-state index contributed by atoms with van der Waals surface area (Å²) in [5.41, 5.74) is 13.5. The largest absolute Gasteiger partial charge is 0.748 e. The van der Waals surface area contributed by atoms with E-state index >= 15 is 0 Å². The molecule has 3 aromatic rings. The highest BCUT2D eigenvalue weighted by molar-refractivity contribution is 7.89. The Labute approximate surface area is 401 Å². The molecular formula is C47H58N8O12S2. The van der Waals surface area contributed by atoms with Crippen molar-refractivity contribution >= 4 is 55.0 Å². The quantitative estimate of drug-likeness (QED) is 0.0159. The number of anilines is 1. The van der Waals surface area contributed by atoms with Crippen LogP contribution in [0.4, 0.5) is 11.4 Å². The highest BCUT2D eigenvalue weighted by atomic mass is 32.2. The SMILES string of the molecule is CC1(C)C(/C=C/C=C/C=C2\N(CCC(=O)NCCNC(=O)c3cccc(OCC(N=[N+]=[N-])OCCOCC(=O)O)c3)c3ccc(S(N)(=O)=O)cc3C2(C)C)=[N+](CCCCS(=O)(=O)[O-])c2ccccc21. The molecule has 1 atom stereocenters.